The quantitative estimate of drug-likeness (QED) is 0.492. The van der Waals surface area contributed by atoms with Crippen LogP contribution < -0.4 is 9.62 Å². The molecule has 0 heterocycles. The summed E-state index contributed by atoms with van der Waals surface area (Å²) in [4.78, 5) is 23.1. The van der Waals surface area contributed by atoms with Crippen molar-refractivity contribution in [1.82, 2.24) is 0 Å². The van der Waals surface area contributed by atoms with Gasteiger partial charge in [-0.25, -0.2) is 8.42 Å². The zero-order valence-corrected chi connectivity index (χ0v) is 17.5. The molecule has 9 heteroatoms. The van der Waals surface area contributed by atoms with Gasteiger partial charge >= 0.3 is 0 Å². The molecule has 2 rings (SSSR count). The van der Waals surface area contributed by atoms with Crippen molar-refractivity contribution >= 4 is 33.0 Å². The van der Waals surface area contributed by atoms with E-state index in [1.807, 2.05) is 12.1 Å². The van der Waals surface area contributed by atoms with E-state index >= 15 is 0 Å². The molecule has 0 aliphatic carbocycles. The number of rotatable bonds is 9. The van der Waals surface area contributed by atoms with Gasteiger partial charge in [0.2, 0.25) is 15.9 Å². The highest BCUT2D eigenvalue weighted by molar-refractivity contribution is 7.92. The molecule has 0 radical (unpaired) electrons. The highest BCUT2D eigenvalue weighted by Gasteiger charge is 2.30. The van der Waals surface area contributed by atoms with Crippen molar-refractivity contribution in [3.8, 4) is 0 Å². The molecule has 156 valence electrons. The van der Waals surface area contributed by atoms with E-state index in [1.165, 1.54) is 25.1 Å². The van der Waals surface area contributed by atoms with E-state index in [0.717, 1.165) is 41.5 Å². The van der Waals surface area contributed by atoms with E-state index in [2.05, 4.69) is 12.2 Å². The Hall–Kier alpha value is -2.94. The lowest BCUT2D eigenvalue weighted by atomic mass is 10.1. The summed E-state index contributed by atoms with van der Waals surface area (Å²) in [5.41, 5.74) is 1.51. The number of sulfonamides is 1. The number of carbonyl (C=O) groups is 1. The summed E-state index contributed by atoms with van der Waals surface area (Å²) >= 11 is 0. The van der Waals surface area contributed by atoms with Crippen molar-refractivity contribution in [3.63, 3.8) is 0 Å². The lowest BCUT2D eigenvalue weighted by Gasteiger charge is -2.28. The molecular formula is C20H25N3O5S. The Morgan fingerprint density at radius 2 is 1.86 bits per heavy atom. The van der Waals surface area contributed by atoms with Gasteiger partial charge in [0.1, 0.15) is 6.04 Å². The van der Waals surface area contributed by atoms with E-state index in [0.29, 0.717) is 5.69 Å². The molecule has 8 nitrogen and oxygen atoms in total. The Balaban J connectivity index is 2.23. The molecule has 0 fully saturated rings. The number of amides is 1. The maximum Gasteiger partial charge on any atom is 0.271 e. The van der Waals surface area contributed by atoms with Crippen LogP contribution in [0, 0.1) is 10.1 Å². The molecule has 0 aliphatic heterocycles. The molecule has 0 aliphatic rings. The molecule has 1 amide bonds. The Kier molecular flexibility index (Phi) is 7.33. The van der Waals surface area contributed by atoms with Crippen LogP contribution in [-0.2, 0) is 21.2 Å². The second-order valence-corrected chi connectivity index (χ2v) is 8.66. The van der Waals surface area contributed by atoms with Crippen molar-refractivity contribution in [2.75, 3.05) is 15.9 Å². The number of benzene rings is 2. The molecule has 1 N–H and O–H groups in total. The monoisotopic (exact) mass is 419 g/mol. The van der Waals surface area contributed by atoms with Crippen LogP contribution in [0.15, 0.2) is 48.5 Å². The third-order valence-electron chi connectivity index (χ3n) is 4.42. The molecule has 0 saturated heterocycles. The zero-order chi connectivity index (χ0) is 21.6. The number of nitro benzene ring substituents is 1. The molecule has 0 unspecified atom stereocenters. The van der Waals surface area contributed by atoms with Crippen LogP contribution in [0.25, 0.3) is 0 Å². The number of carbonyl (C=O) groups excluding carboxylic acids is 1. The molecule has 0 saturated carbocycles. The number of hydrogen-bond donors (Lipinski definition) is 1. The van der Waals surface area contributed by atoms with Crippen molar-refractivity contribution in [2.24, 2.45) is 0 Å². The third-order valence-corrected chi connectivity index (χ3v) is 5.67. The summed E-state index contributed by atoms with van der Waals surface area (Å²) in [6.07, 6.45) is 4.08. The molecule has 0 aromatic heterocycles. The smallest absolute Gasteiger partial charge is 0.271 e. The number of nitro groups is 1. The van der Waals surface area contributed by atoms with Crippen LogP contribution in [0.1, 0.15) is 32.3 Å². The molecule has 29 heavy (non-hydrogen) atoms. The van der Waals surface area contributed by atoms with Crippen LogP contribution in [0.5, 0.6) is 0 Å². The van der Waals surface area contributed by atoms with Gasteiger partial charge in [-0.1, -0.05) is 31.5 Å². The summed E-state index contributed by atoms with van der Waals surface area (Å²) in [7, 11) is -3.86. The summed E-state index contributed by atoms with van der Waals surface area (Å²) in [5, 5.41) is 13.7. The Labute approximate surface area is 170 Å². The number of non-ortho nitro benzene ring substituents is 1. The Bertz CT molecular complexity index is 974. The van der Waals surface area contributed by atoms with E-state index in [9.17, 15) is 23.3 Å². The number of aryl methyl sites for hydroxylation is 1. The fourth-order valence-electron chi connectivity index (χ4n) is 2.93. The van der Waals surface area contributed by atoms with Crippen LogP contribution in [-0.4, -0.2) is 31.5 Å². The predicted octanol–water partition coefficient (Wildman–Crippen LogP) is 3.73. The molecule has 0 bridgehead atoms. The van der Waals surface area contributed by atoms with Gasteiger partial charge in [-0.2, -0.15) is 0 Å². The van der Waals surface area contributed by atoms with Gasteiger partial charge in [0.15, 0.2) is 0 Å². The second-order valence-electron chi connectivity index (χ2n) is 6.80. The van der Waals surface area contributed by atoms with E-state index in [4.69, 9.17) is 0 Å². The van der Waals surface area contributed by atoms with E-state index < -0.39 is 26.9 Å². The number of hydrogen-bond acceptors (Lipinski definition) is 5. The highest BCUT2D eigenvalue weighted by atomic mass is 32.2. The Morgan fingerprint density at radius 1 is 1.21 bits per heavy atom. The fraction of sp³-hybridized carbons (Fsp3) is 0.350. The fourth-order valence-corrected chi connectivity index (χ4v) is 4.10. The van der Waals surface area contributed by atoms with Crippen LogP contribution in [0.2, 0.25) is 0 Å². The molecular weight excluding hydrogens is 394 g/mol. The maximum atomic E-state index is 12.7. The van der Waals surface area contributed by atoms with Crippen molar-refractivity contribution in [3.05, 3.63) is 64.2 Å². The largest absolute Gasteiger partial charge is 0.324 e. The highest BCUT2D eigenvalue weighted by Crippen LogP contribution is 2.26. The van der Waals surface area contributed by atoms with Gasteiger partial charge in [-0.3, -0.25) is 19.2 Å². The predicted molar refractivity (Wildman–Crippen MR) is 114 cm³/mol. The van der Waals surface area contributed by atoms with E-state index in [1.54, 1.807) is 12.1 Å². The van der Waals surface area contributed by atoms with Gasteiger partial charge in [-0.15, -0.1) is 0 Å². The Morgan fingerprint density at radius 3 is 2.41 bits per heavy atom. The number of nitrogens with zero attached hydrogens (tertiary/aromatic N) is 2. The normalized spacial score (nSPS) is 12.2. The average molecular weight is 420 g/mol. The molecule has 1 atom stereocenters. The van der Waals surface area contributed by atoms with Crippen molar-refractivity contribution in [2.45, 2.75) is 39.2 Å². The van der Waals surface area contributed by atoms with Gasteiger partial charge in [0.05, 0.1) is 16.9 Å². The van der Waals surface area contributed by atoms with Crippen molar-refractivity contribution in [1.29, 1.82) is 0 Å². The first-order valence-corrected chi connectivity index (χ1v) is 11.1. The van der Waals surface area contributed by atoms with Crippen LogP contribution >= 0.6 is 0 Å². The molecule has 2 aromatic rings. The first kappa shape index (κ1) is 22.4. The lowest BCUT2D eigenvalue weighted by molar-refractivity contribution is -0.384. The maximum absolute atomic E-state index is 12.7. The molecule has 2 aromatic carbocycles. The number of unbranched alkanes of at least 4 members (excludes halogenated alkanes) is 1. The SMILES string of the molecule is CCCCc1ccc(NC(=O)[C@@H](C)N(c2cccc([N+](=O)[O-])c2)S(C)(=O)=O)cc1. The first-order valence-electron chi connectivity index (χ1n) is 9.27. The second kappa shape index (κ2) is 9.51. The van der Waals surface area contributed by atoms with Gasteiger partial charge < -0.3 is 5.32 Å². The van der Waals surface area contributed by atoms with Gasteiger partial charge in [0, 0.05) is 17.8 Å². The van der Waals surface area contributed by atoms with Gasteiger partial charge in [0.25, 0.3) is 5.69 Å². The number of nitrogens with one attached hydrogen (secondary N) is 1. The van der Waals surface area contributed by atoms with Crippen molar-refractivity contribution < 1.29 is 18.1 Å². The number of anilines is 2. The first-order chi connectivity index (χ1) is 13.6. The van der Waals surface area contributed by atoms with E-state index in [-0.39, 0.29) is 11.4 Å². The minimum Gasteiger partial charge on any atom is -0.324 e. The minimum atomic E-state index is -3.86. The third kappa shape index (κ3) is 6.02. The summed E-state index contributed by atoms with van der Waals surface area (Å²) < 4.78 is 25.5. The summed E-state index contributed by atoms with van der Waals surface area (Å²) in [6, 6.07) is 11.5. The topological polar surface area (TPSA) is 110 Å². The lowest BCUT2D eigenvalue weighted by Crippen LogP contribution is -2.45. The summed E-state index contributed by atoms with van der Waals surface area (Å²) in [6.45, 7) is 3.55. The summed E-state index contributed by atoms with van der Waals surface area (Å²) in [5.74, 6) is -0.539. The zero-order valence-electron chi connectivity index (χ0n) is 16.7. The average Bonchev–Trinajstić information content (AvgIpc) is 2.66. The van der Waals surface area contributed by atoms with Gasteiger partial charge in [-0.05, 0) is 43.5 Å². The standard InChI is InChI=1S/C20H25N3O5S/c1-4-5-7-16-10-12-17(13-11-16)21-20(24)15(2)22(29(3,27)28)18-8-6-9-19(14-18)23(25)26/h6,8-15H,4-5,7H2,1-3H3,(H,21,24)/t15-/m1/s1. The minimum absolute atomic E-state index is 0.0549. The van der Waals surface area contributed by atoms with Crippen LogP contribution in [0.3, 0.4) is 0 Å². The van der Waals surface area contributed by atoms with Crippen LogP contribution in [0.4, 0.5) is 17.1 Å². The molecule has 0 spiro atoms.